The average Bonchev–Trinajstić information content (AvgIpc) is 2.47. The first-order chi connectivity index (χ1) is 5.74. The molecular weight excluding hydrogens is 154 g/mol. The third-order valence-corrected chi connectivity index (χ3v) is 2.50. The van der Waals surface area contributed by atoms with Crippen molar-refractivity contribution in [3.05, 3.63) is 0 Å². The quantitative estimate of drug-likeness (QED) is 0.656. The first-order valence-corrected chi connectivity index (χ1v) is 4.68. The van der Waals surface area contributed by atoms with Gasteiger partial charge in [0.25, 0.3) is 0 Å². The molecule has 2 unspecified atom stereocenters. The Labute approximate surface area is 73.2 Å². The molecule has 2 N–H and O–H groups in total. The van der Waals surface area contributed by atoms with Gasteiger partial charge < -0.3 is 10.4 Å². The van der Waals surface area contributed by atoms with Crippen molar-refractivity contribution in [3.63, 3.8) is 0 Å². The van der Waals surface area contributed by atoms with Gasteiger partial charge in [-0.15, -0.1) is 0 Å². The number of aliphatic hydroxyl groups excluding tert-OH is 1. The van der Waals surface area contributed by atoms with Crippen LogP contribution in [0.4, 0.5) is 0 Å². The molecule has 0 aromatic carbocycles. The number of carbonyl (C=O) groups excluding carboxylic acids is 1. The Balaban J connectivity index is 2.18. The van der Waals surface area contributed by atoms with E-state index in [-0.39, 0.29) is 12.0 Å². The summed E-state index contributed by atoms with van der Waals surface area (Å²) in [7, 11) is 0. The Hall–Kier alpha value is -0.570. The molecule has 0 aromatic rings. The molecule has 0 spiro atoms. The average molecular weight is 171 g/mol. The molecule has 0 aliphatic heterocycles. The standard InChI is InChI=1S/C9H17NO2/c1-2-9(12)10-6-7-4-3-5-8(7)11/h7-8,11H,2-6H2,1H3,(H,10,12). The summed E-state index contributed by atoms with van der Waals surface area (Å²) < 4.78 is 0. The molecule has 1 fully saturated rings. The summed E-state index contributed by atoms with van der Waals surface area (Å²) in [6.45, 7) is 2.48. The lowest BCUT2D eigenvalue weighted by Gasteiger charge is -2.14. The molecule has 0 bridgehead atoms. The van der Waals surface area contributed by atoms with Crippen molar-refractivity contribution in [2.75, 3.05) is 6.54 Å². The van der Waals surface area contributed by atoms with Crippen LogP contribution in [0.3, 0.4) is 0 Å². The van der Waals surface area contributed by atoms with E-state index in [9.17, 15) is 9.90 Å². The number of aliphatic hydroxyl groups is 1. The van der Waals surface area contributed by atoms with E-state index in [1.165, 1.54) is 0 Å². The molecule has 1 aliphatic rings. The molecule has 0 aromatic heterocycles. The molecular formula is C9H17NO2. The van der Waals surface area contributed by atoms with Crippen molar-refractivity contribution in [1.29, 1.82) is 0 Å². The molecule has 3 heteroatoms. The minimum Gasteiger partial charge on any atom is -0.393 e. The summed E-state index contributed by atoms with van der Waals surface area (Å²) in [4.78, 5) is 10.9. The van der Waals surface area contributed by atoms with Gasteiger partial charge in [0.2, 0.25) is 5.91 Å². The second-order valence-corrected chi connectivity index (χ2v) is 3.42. The van der Waals surface area contributed by atoms with Crippen LogP contribution in [0, 0.1) is 5.92 Å². The van der Waals surface area contributed by atoms with E-state index in [0.29, 0.717) is 18.9 Å². The predicted octanol–water partition coefficient (Wildman–Crippen LogP) is 0.674. The van der Waals surface area contributed by atoms with E-state index in [0.717, 1.165) is 19.3 Å². The molecule has 1 saturated carbocycles. The number of amides is 1. The van der Waals surface area contributed by atoms with Gasteiger partial charge in [-0.3, -0.25) is 4.79 Å². The van der Waals surface area contributed by atoms with Crippen LogP contribution in [0.15, 0.2) is 0 Å². The number of carbonyl (C=O) groups is 1. The lowest BCUT2D eigenvalue weighted by molar-refractivity contribution is -0.121. The zero-order valence-corrected chi connectivity index (χ0v) is 7.55. The third-order valence-electron chi connectivity index (χ3n) is 2.50. The molecule has 2 atom stereocenters. The Morgan fingerprint density at radius 1 is 1.58 bits per heavy atom. The molecule has 12 heavy (non-hydrogen) atoms. The van der Waals surface area contributed by atoms with E-state index >= 15 is 0 Å². The molecule has 1 rings (SSSR count). The fourth-order valence-corrected chi connectivity index (χ4v) is 1.63. The van der Waals surface area contributed by atoms with Crippen LogP contribution in [0.25, 0.3) is 0 Å². The largest absolute Gasteiger partial charge is 0.393 e. The zero-order valence-electron chi connectivity index (χ0n) is 7.55. The van der Waals surface area contributed by atoms with E-state index in [1.807, 2.05) is 6.92 Å². The highest BCUT2D eigenvalue weighted by atomic mass is 16.3. The number of hydrogen-bond donors (Lipinski definition) is 2. The fraction of sp³-hybridized carbons (Fsp3) is 0.889. The van der Waals surface area contributed by atoms with Crippen molar-refractivity contribution in [1.82, 2.24) is 5.32 Å². The van der Waals surface area contributed by atoms with Crippen LogP contribution in [0.2, 0.25) is 0 Å². The topological polar surface area (TPSA) is 49.3 Å². The molecule has 1 aliphatic carbocycles. The summed E-state index contributed by atoms with van der Waals surface area (Å²) in [5, 5.41) is 12.2. The van der Waals surface area contributed by atoms with Crippen molar-refractivity contribution in [2.45, 2.75) is 38.7 Å². The highest BCUT2D eigenvalue weighted by Gasteiger charge is 2.24. The van der Waals surface area contributed by atoms with E-state index in [4.69, 9.17) is 0 Å². The van der Waals surface area contributed by atoms with Crippen molar-refractivity contribution in [2.24, 2.45) is 5.92 Å². The highest BCUT2D eigenvalue weighted by Crippen LogP contribution is 2.24. The first kappa shape index (κ1) is 9.52. The summed E-state index contributed by atoms with van der Waals surface area (Å²) in [6, 6.07) is 0. The van der Waals surface area contributed by atoms with Crippen LogP contribution in [0.1, 0.15) is 32.6 Å². The van der Waals surface area contributed by atoms with Gasteiger partial charge in [0.1, 0.15) is 0 Å². The smallest absolute Gasteiger partial charge is 0.219 e. The van der Waals surface area contributed by atoms with Crippen LogP contribution in [-0.4, -0.2) is 23.7 Å². The molecule has 0 radical (unpaired) electrons. The Morgan fingerprint density at radius 3 is 2.83 bits per heavy atom. The summed E-state index contributed by atoms with van der Waals surface area (Å²) in [5.74, 6) is 0.370. The molecule has 0 saturated heterocycles. The number of nitrogens with one attached hydrogen (secondary N) is 1. The van der Waals surface area contributed by atoms with Crippen LogP contribution in [-0.2, 0) is 4.79 Å². The van der Waals surface area contributed by atoms with Gasteiger partial charge in [0.15, 0.2) is 0 Å². The van der Waals surface area contributed by atoms with E-state index in [2.05, 4.69) is 5.32 Å². The second kappa shape index (κ2) is 4.45. The number of hydrogen-bond acceptors (Lipinski definition) is 2. The van der Waals surface area contributed by atoms with Crippen LogP contribution < -0.4 is 5.32 Å². The van der Waals surface area contributed by atoms with Gasteiger partial charge in [-0.1, -0.05) is 13.3 Å². The van der Waals surface area contributed by atoms with Crippen LogP contribution in [0.5, 0.6) is 0 Å². The Morgan fingerprint density at radius 2 is 2.33 bits per heavy atom. The van der Waals surface area contributed by atoms with Crippen LogP contribution >= 0.6 is 0 Å². The summed E-state index contributed by atoms with van der Waals surface area (Å²) >= 11 is 0. The maximum absolute atomic E-state index is 10.9. The lowest BCUT2D eigenvalue weighted by Crippen LogP contribution is -2.31. The van der Waals surface area contributed by atoms with Gasteiger partial charge in [-0.2, -0.15) is 0 Å². The SMILES string of the molecule is CCC(=O)NCC1CCCC1O. The van der Waals surface area contributed by atoms with Gasteiger partial charge in [-0.25, -0.2) is 0 Å². The minimum absolute atomic E-state index is 0.0779. The maximum Gasteiger partial charge on any atom is 0.219 e. The monoisotopic (exact) mass is 171 g/mol. The molecule has 0 heterocycles. The van der Waals surface area contributed by atoms with E-state index < -0.39 is 0 Å². The summed E-state index contributed by atoms with van der Waals surface area (Å²) in [5.41, 5.74) is 0. The van der Waals surface area contributed by atoms with Crippen molar-refractivity contribution >= 4 is 5.91 Å². The zero-order chi connectivity index (χ0) is 8.97. The minimum atomic E-state index is -0.192. The highest BCUT2D eigenvalue weighted by molar-refractivity contribution is 5.75. The van der Waals surface area contributed by atoms with Gasteiger partial charge in [0.05, 0.1) is 6.10 Å². The normalized spacial score (nSPS) is 28.8. The molecule has 70 valence electrons. The van der Waals surface area contributed by atoms with E-state index in [1.54, 1.807) is 0 Å². The lowest BCUT2D eigenvalue weighted by atomic mass is 10.1. The van der Waals surface area contributed by atoms with Gasteiger partial charge in [0, 0.05) is 18.9 Å². The third kappa shape index (κ3) is 2.48. The van der Waals surface area contributed by atoms with Crippen molar-refractivity contribution < 1.29 is 9.90 Å². The Bertz CT molecular complexity index is 159. The second-order valence-electron chi connectivity index (χ2n) is 3.42. The fourth-order valence-electron chi connectivity index (χ4n) is 1.63. The Kier molecular flexibility index (Phi) is 3.53. The summed E-state index contributed by atoms with van der Waals surface area (Å²) in [6.07, 6.45) is 3.37. The van der Waals surface area contributed by atoms with Gasteiger partial charge in [-0.05, 0) is 12.8 Å². The number of rotatable bonds is 3. The van der Waals surface area contributed by atoms with Gasteiger partial charge >= 0.3 is 0 Å². The van der Waals surface area contributed by atoms with Crippen molar-refractivity contribution in [3.8, 4) is 0 Å². The maximum atomic E-state index is 10.9. The molecule has 3 nitrogen and oxygen atoms in total. The molecule has 1 amide bonds. The first-order valence-electron chi connectivity index (χ1n) is 4.68. The predicted molar refractivity (Wildman–Crippen MR) is 46.6 cm³/mol.